The third-order valence-corrected chi connectivity index (χ3v) is 3.90. The molecule has 0 spiro atoms. The first kappa shape index (κ1) is 20.2. The molecule has 0 aromatic rings. The molecule has 0 aromatic carbocycles. The van der Waals surface area contributed by atoms with Crippen LogP contribution in [0.2, 0.25) is 0 Å². The first-order valence-electron chi connectivity index (χ1n) is 9.14. The van der Waals surface area contributed by atoms with E-state index in [2.05, 4.69) is 19.1 Å². The number of rotatable bonds is 16. The average Bonchev–Trinajstić information content (AvgIpc) is 2.46. The quantitative estimate of drug-likeness (QED) is 0.261. The molecule has 21 heavy (non-hydrogen) atoms. The summed E-state index contributed by atoms with van der Waals surface area (Å²) >= 11 is 0. The lowest BCUT2D eigenvalue weighted by Crippen LogP contribution is -1.93. The maximum Gasteiger partial charge on any atom is 0.303 e. The molecule has 0 saturated heterocycles. The largest absolute Gasteiger partial charge is 0.481 e. The van der Waals surface area contributed by atoms with Gasteiger partial charge in [-0.1, -0.05) is 76.9 Å². The summed E-state index contributed by atoms with van der Waals surface area (Å²) in [4.78, 5) is 10.3. The molecule has 0 radical (unpaired) electrons. The molecule has 0 atom stereocenters. The molecule has 0 saturated carbocycles. The molecule has 0 aliphatic carbocycles. The van der Waals surface area contributed by atoms with E-state index in [0.717, 1.165) is 25.7 Å². The Morgan fingerprint density at radius 3 is 1.62 bits per heavy atom. The van der Waals surface area contributed by atoms with Crippen LogP contribution in [0.25, 0.3) is 0 Å². The van der Waals surface area contributed by atoms with Gasteiger partial charge < -0.3 is 5.11 Å². The molecule has 0 aliphatic rings. The van der Waals surface area contributed by atoms with E-state index in [0.29, 0.717) is 6.42 Å². The van der Waals surface area contributed by atoms with Crippen molar-refractivity contribution >= 4 is 5.97 Å². The van der Waals surface area contributed by atoms with Crippen molar-refractivity contribution in [1.29, 1.82) is 0 Å². The number of aliphatic carboxylic acids is 1. The number of carbonyl (C=O) groups is 1. The Morgan fingerprint density at radius 2 is 1.14 bits per heavy atom. The van der Waals surface area contributed by atoms with Crippen molar-refractivity contribution in [2.45, 2.75) is 103 Å². The van der Waals surface area contributed by atoms with Crippen LogP contribution >= 0.6 is 0 Å². The zero-order valence-electron chi connectivity index (χ0n) is 14.1. The van der Waals surface area contributed by atoms with Gasteiger partial charge in [0, 0.05) is 6.42 Å². The van der Waals surface area contributed by atoms with Crippen LogP contribution in [0.4, 0.5) is 0 Å². The zero-order valence-corrected chi connectivity index (χ0v) is 14.1. The van der Waals surface area contributed by atoms with E-state index >= 15 is 0 Å². The standard InChI is InChI=1S/C19H36O2/c1-2-3-4-5-6-7-8-9-10-11-12-13-14-15-16-17-18-19(20)21/h11-12H,2-10,13-18H2,1H3,(H,20,21)/b12-11+. The van der Waals surface area contributed by atoms with Crippen LogP contribution in [0.3, 0.4) is 0 Å². The van der Waals surface area contributed by atoms with Crippen molar-refractivity contribution in [1.82, 2.24) is 0 Å². The first-order valence-corrected chi connectivity index (χ1v) is 9.14. The van der Waals surface area contributed by atoms with Crippen molar-refractivity contribution in [3.8, 4) is 0 Å². The molecule has 124 valence electrons. The van der Waals surface area contributed by atoms with Gasteiger partial charge in [-0.05, 0) is 32.1 Å². The molecule has 0 fully saturated rings. The summed E-state index contributed by atoms with van der Waals surface area (Å²) in [7, 11) is 0. The molecule has 2 nitrogen and oxygen atoms in total. The summed E-state index contributed by atoms with van der Waals surface area (Å²) in [5.41, 5.74) is 0. The van der Waals surface area contributed by atoms with Gasteiger partial charge in [-0.3, -0.25) is 4.79 Å². The number of unbranched alkanes of at least 4 members (excludes halogenated alkanes) is 12. The Hall–Kier alpha value is -0.790. The third kappa shape index (κ3) is 19.2. The van der Waals surface area contributed by atoms with E-state index in [-0.39, 0.29) is 0 Å². The highest BCUT2D eigenvalue weighted by molar-refractivity contribution is 5.66. The van der Waals surface area contributed by atoms with Crippen molar-refractivity contribution in [2.24, 2.45) is 0 Å². The molecule has 0 unspecified atom stereocenters. The van der Waals surface area contributed by atoms with E-state index in [9.17, 15) is 4.79 Å². The van der Waals surface area contributed by atoms with Gasteiger partial charge >= 0.3 is 5.97 Å². The Kier molecular flexibility index (Phi) is 16.6. The predicted molar refractivity (Wildman–Crippen MR) is 91.7 cm³/mol. The highest BCUT2D eigenvalue weighted by atomic mass is 16.4. The number of allylic oxidation sites excluding steroid dienone is 2. The fourth-order valence-corrected chi connectivity index (χ4v) is 2.52. The number of carboxylic acids is 1. The van der Waals surface area contributed by atoms with Gasteiger partial charge in [0.25, 0.3) is 0 Å². The van der Waals surface area contributed by atoms with E-state index in [1.54, 1.807) is 0 Å². The predicted octanol–water partition coefficient (Wildman–Crippen LogP) is 6.50. The minimum atomic E-state index is -0.666. The molecule has 0 heterocycles. The SMILES string of the molecule is CCCCCCCCCC/C=C/CCCCCCC(=O)O. The molecule has 0 amide bonds. The van der Waals surface area contributed by atoms with Crippen LogP contribution in [0.15, 0.2) is 12.2 Å². The summed E-state index contributed by atoms with van der Waals surface area (Å²) in [5.74, 6) is -0.666. The second kappa shape index (κ2) is 17.3. The van der Waals surface area contributed by atoms with Crippen LogP contribution in [-0.2, 0) is 4.79 Å². The molecule has 0 rings (SSSR count). The van der Waals surface area contributed by atoms with E-state index in [1.165, 1.54) is 64.2 Å². The highest BCUT2D eigenvalue weighted by Gasteiger charge is 1.95. The maximum atomic E-state index is 10.3. The smallest absolute Gasteiger partial charge is 0.303 e. The van der Waals surface area contributed by atoms with Gasteiger partial charge in [-0.2, -0.15) is 0 Å². The van der Waals surface area contributed by atoms with Crippen molar-refractivity contribution in [3.63, 3.8) is 0 Å². The van der Waals surface area contributed by atoms with E-state index < -0.39 is 5.97 Å². The monoisotopic (exact) mass is 296 g/mol. The topological polar surface area (TPSA) is 37.3 Å². The highest BCUT2D eigenvalue weighted by Crippen LogP contribution is 2.10. The Labute approximate surface area is 132 Å². The van der Waals surface area contributed by atoms with Crippen molar-refractivity contribution in [3.05, 3.63) is 12.2 Å². The zero-order chi connectivity index (χ0) is 15.6. The van der Waals surface area contributed by atoms with Crippen molar-refractivity contribution < 1.29 is 9.90 Å². The second-order valence-electron chi connectivity index (χ2n) is 6.08. The van der Waals surface area contributed by atoms with Gasteiger partial charge in [0.2, 0.25) is 0 Å². The van der Waals surface area contributed by atoms with Gasteiger partial charge in [0.05, 0.1) is 0 Å². The summed E-state index contributed by atoms with van der Waals surface area (Å²) in [6, 6.07) is 0. The summed E-state index contributed by atoms with van der Waals surface area (Å²) in [6.07, 6.45) is 22.7. The number of hydrogen-bond acceptors (Lipinski definition) is 1. The normalized spacial score (nSPS) is 11.3. The van der Waals surface area contributed by atoms with Gasteiger partial charge in [-0.15, -0.1) is 0 Å². The Bertz CT molecular complexity index is 246. The summed E-state index contributed by atoms with van der Waals surface area (Å²) in [5, 5.41) is 8.52. The van der Waals surface area contributed by atoms with Crippen LogP contribution in [0.5, 0.6) is 0 Å². The fraction of sp³-hybridized carbons (Fsp3) is 0.842. The van der Waals surface area contributed by atoms with E-state index in [1.807, 2.05) is 0 Å². The molecule has 0 aromatic heterocycles. The number of hydrogen-bond donors (Lipinski definition) is 1. The Morgan fingerprint density at radius 1 is 0.714 bits per heavy atom. The lowest BCUT2D eigenvalue weighted by Gasteiger charge is -2.00. The molecular weight excluding hydrogens is 260 g/mol. The molecule has 1 N–H and O–H groups in total. The molecular formula is C19H36O2. The van der Waals surface area contributed by atoms with Gasteiger partial charge in [0.15, 0.2) is 0 Å². The minimum Gasteiger partial charge on any atom is -0.481 e. The molecule has 0 bridgehead atoms. The summed E-state index contributed by atoms with van der Waals surface area (Å²) in [6.45, 7) is 2.27. The van der Waals surface area contributed by atoms with Crippen LogP contribution < -0.4 is 0 Å². The Balaban J connectivity index is 3.07. The van der Waals surface area contributed by atoms with Crippen LogP contribution in [-0.4, -0.2) is 11.1 Å². The molecule has 0 aliphatic heterocycles. The second-order valence-corrected chi connectivity index (χ2v) is 6.08. The maximum absolute atomic E-state index is 10.3. The fourth-order valence-electron chi connectivity index (χ4n) is 2.52. The lowest BCUT2D eigenvalue weighted by molar-refractivity contribution is -0.137. The average molecular weight is 296 g/mol. The first-order chi connectivity index (χ1) is 10.3. The van der Waals surface area contributed by atoms with Gasteiger partial charge in [-0.25, -0.2) is 0 Å². The van der Waals surface area contributed by atoms with Crippen LogP contribution in [0.1, 0.15) is 103 Å². The third-order valence-electron chi connectivity index (χ3n) is 3.90. The van der Waals surface area contributed by atoms with E-state index in [4.69, 9.17) is 5.11 Å². The molecule has 2 heteroatoms. The van der Waals surface area contributed by atoms with Gasteiger partial charge in [0.1, 0.15) is 0 Å². The number of carboxylic acid groups (broad SMARTS) is 1. The van der Waals surface area contributed by atoms with Crippen molar-refractivity contribution in [2.75, 3.05) is 0 Å². The summed E-state index contributed by atoms with van der Waals surface area (Å²) < 4.78 is 0. The van der Waals surface area contributed by atoms with Crippen LogP contribution in [0, 0.1) is 0 Å². The minimum absolute atomic E-state index is 0.328. The lowest BCUT2D eigenvalue weighted by atomic mass is 10.1.